The minimum atomic E-state index is 0. The van der Waals surface area contributed by atoms with E-state index in [0.717, 1.165) is 10.3 Å². The van der Waals surface area contributed by atoms with Gasteiger partial charge in [-0.1, -0.05) is 6.07 Å². The molecule has 1 heterocycles. The molecular weight excluding hydrogens is 251 g/mol. The van der Waals surface area contributed by atoms with Gasteiger partial charge in [0, 0.05) is 6.04 Å². The maximum absolute atomic E-state index is 5.99. The molecule has 0 aliphatic heterocycles. The van der Waals surface area contributed by atoms with Crippen molar-refractivity contribution in [2.45, 2.75) is 18.9 Å². The average molecular weight is 264 g/mol. The van der Waals surface area contributed by atoms with E-state index in [0.29, 0.717) is 5.92 Å². The Bertz CT molecular complexity index is 289. The number of nitrogens with two attached hydrogens (primary N) is 1. The Kier molecular flexibility index (Phi) is 3.71. The molecule has 1 aliphatic carbocycles. The summed E-state index contributed by atoms with van der Waals surface area (Å²) < 4.78 is 0.871. The van der Waals surface area contributed by atoms with Crippen molar-refractivity contribution in [1.29, 1.82) is 0 Å². The molecule has 1 aliphatic rings. The van der Waals surface area contributed by atoms with Gasteiger partial charge in [-0.05, 0) is 46.8 Å². The lowest BCUT2D eigenvalue weighted by atomic mass is 10.1. The van der Waals surface area contributed by atoms with E-state index in [4.69, 9.17) is 5.73 Å². The maximum atomic E-state index is 5.99. The van der Waals surface area contributed by atoms with Gasteiger partial charge in [0.2, 0.25) is 0 Å². The topological polar surface area (TPSA) is 38.9 Å². The second-order valence-electron chi connectivity index (χ2n) is 3.25. The number of pyridine rings is 1. The lowest BCUT2D eigenvalue weighted by Gasteiger charge is -2.08. The molecule has 0 saturated heterocycles. The zero-order valence-corrected chi connectivity index (χ0v) is 9.51. The smallest absolute Gasteiger partial charge is 0.106 e. The van der Waals surface area contributed by atoms with E-state index in [2.05, 4.69) is 20.9 Å². The van der Waals surface area contributed by atoms with Crippen LogP contribution in [0.2, 0.25) is 0 Å². The van der Waals surface area contributed by atoms with Gasteiger partial charge in [-0.25, -0.2) is 4.98 Å². The van der Waals surface area contributed by atoms with E-state index < -0.39 is 0 Å². The van der Waals surface area contributed by atoms with Gasteiger partial charge in [-0.3, -0.25) is 0 Å². The van der Waals surface area contributed by atoms with Crippen LogP contribution in [0.15, 0.2) is 22.8 Å². The lowest BCUT2D eigenvalue weighted by molar-refractivity contribution is 0.613. The molecule has 1 atom stereocenters. The van der Waals surface area contributed by atoms with E-state index in [-0.39, 0.29) is 18.4 Å². The van der Waals surface area contributed by atoms with E-state index in [1.807, 2.05) is 18.2 Å². The van der Waals surface area contributed by atoms with E-state index in [9.17, 15) is 0 Å². The van der Waals surface area contributed by atoms with Crippen LogP contribution in [0.5, 0.6) is 0 Å². The first-order valence-electron chi connectivity index (χ1n) is 4.15. The summed E-state index contributed by atoms with van der Waals surface area (Å²) in [5.41, 5.74) is 6.99. The van der Waals surface area contributed by atoms with Gasteiger partial charge >= 0.3 is 0 Å². The minimum Gasteiger partial charge on any atom is -0.322 e. The predicted molar refractivity (Wildman–Crippen MR) is 58.8 cm³/mol. The zero-order valence-electron chi connectivity index (χ0n) is 7.11. The first-order valence-corrected chi connectivity index (χ1v) is 4.95. The summed E-state index contributed by atoms with van der Waals surface area (Å²) in [6, 6.07) is 6.04. The molecule has 1 aromatic rings. The van der Waals surface area contributed by atoms with Crippen molar-refractivity contribution in [2.75, 3.05) is 0 Å². The molecule has 0 amide bonds. The second-order valence-corrected chi connectivity index (χ2v) is 4.06. The Hall–Kier alpha value is -0.120. The van der Waals surface area contributed by atoms with Crippen molar-refractivity contribution in [2.24, 2.45) is 11.7 Å². The van der Waals surface area contributed by atoms with Crippen LogP contribution in [0.1, 0.15) is 24.6 Å². The summed E-state index contributed by atoms with van der Waals surface area (Å²) in [6.45, 7) is 0. The second kappa shape index (κ2) is 4.40. The van der Waals surface area contributed by atoms with Crippen LogP contribution in [0.3, 0.4) is 0 Å². The normalized spacial score (nSPS) is 17.7. The minimum absolute atomic E-state index is 0. The van der Waals surface area contributed by atoms with Gasteiger partial charge in [0.25, 0.3) is 0 Å². The Balaban J connectivity index is 0.000000845. The third-order valence-electron chi connectivity index (χ3n) is 2.21. The Morgan fingerprint density at radius 3 is 2.69 bits per heavy atom. The highest BCUT2D eigenvalue weighted by atomic mass is 79.9. The highest BCUT2D eigenvalue weighted by molar-refractivity contribution is 9.10. The molecule has 2 rings (SSSR count). The van der Waals surface area contributed by atoms with Crippen LogP contribution in [0.25, 0.3) is 0 Å². The maximum Gasteiger partial charge on any atom is 0.106 e. The van der Waals surface area contributed by atoms with Crippen molar-refractivity contribution in [3.8, 4) is 0 Å². The Morgan fingerprint density at radius 1 is 1.46 bits per heavy atom. The van der Waals surface area contributed by atoms with Crippen LogP contribution in [0.4, 0.5) is 0 Å². The number of hydrogen-bond acceptors (Lipinski definition) is 2. The van der Waals surface area contributed by atoms with Crippen LogP contribution in [-0.2, 0) is 0 Å². The van der Waals surface area contributed by atoms with E-state index in [1.165, 1.54) is 12.8 Å². The van der Waals surface area contributed by atoms with Crippen molar-refractivity contribution in [3.05, 3.63) is 28.5 Å². The summed E-state index contributed by atoms with van der Waals surface area (Å²) in [4.78, 5) is 4.33. The SMILES string of the molecule is Cl.N[C@@H](c1cccc(Br)n1)C1CC1. The number of hydrogen-bond donors (Lipinski definition) is 1. The lowest BCUT2D eigenvalue weighted by Crippen LogP contribution is -2.13. The molecule has 13 heavy (non-hydrogen) atoms. The van der Waals surface area contributed by atoms with Crippen molar-refractivity contribution >= 4 is 28.3 Å². The molecule has 1 saturated carbocycles. The average Bonchev–Trinajstić information content (AvgIpc) is 2.85. The highest BCUT2D eigenvalue weighted by Crippen LogP contribution is 2.38. The molecule has 2 nitrogen and oxygen atoms in total. The van der Waals surface area contributed by atoms with E-state index in [1.54, 1.807) is 0 Å². The van der Waals surface area contributed by atoms with E-state index >= 15 is 0 Å². The fourth-order valence-electron chi connectivity index (χ4n) is 1.31. The van der Waals surface area contributed by atoms with Gasteiger partial charge in [-0.2, -0.15) is 0 Å². The van der Waals surface area contributed by atoms with Crippen LogP contribution < -0.4 is 5.73 Å². The quantitative estimate of drug-likeness (QED) is 0.833. The number of nitrogens with zero attached hydrogens (tertiary/aromatic N) is 1. The highest BCUT2D eigenvalue weighted by Gasteiger charge is 2.30. The van der Waals surface area contributed by atoms with Crippen molar-refractivity contribution in [3.63, 3.8) is 0 Å². The number of rotatable bonds is 2. The monoisotopic (exact) mass is 262 g/mol. The fourth-order valence-corrected chi connectivity index (χ4v) is 1.66. The van der Waals surface area contributed by atoms with Gasteiger partial charge < -0.3 is 5.73 Å². The summed E-state index contributed by atoms with van der Waals surface area (Å²) in [6.07, 6.45) is 2.52. The molecule has 72 valence electrons. The van der Waals surface area contributed by atoms with Crippen LogP contribution >= 0.6 is 28.3 Å². The molecule has 4 heteroatoms. The molecule has 0 bridgehead atoms. The molecule has 0 radical (unpaired) electrons. The standard InChI is InChI=1S/C9H11BrN2.ClH/c10-8-3-1-2-7(12-8)9(11)6-4-5-6;/h1-3,6,9H,4-5,11H2;1H/t9-;/m1./s1. The molecular formula is C9H12BrClN2. The van der Waals surface area contributed by atoms with Crippen molar-refractivity contribution < 1.29 is 0 Å². The summed E-state index contributed by atoms with van der Waals surface area (Å²) >= 11 is 3.33. The van der Waals surface area contributed by atoms with Gasteiger partial charge in [-0.15, -0.1) is 12.4 Å². The first-order chi connectivity index (χ1) is 5.77. The molecule has 0 aromatic carbocycles. The third kappa shape index (κ3) is 2.66. The van der Waals surface area contributed by atoms with Crippen LogP contribution in [0, 0.1) is 5.92 Å². The molecule has 0 unspecified atom stereocenters. The Labute approximate surface area is 92.5 Å². The fraction of sp³-hybridized carbons (Fsp3) is 0.444. The van der Waals surface area contributed by atoms with Gasteiger partial charge in [0.1, 0.15) is 4.60 Å². The molecule has 1 aromatic heterocycles. The summed E-state index contributed by atoms with van der Waals surface area (Å²) in [5.74, 6) is 0.673. The third-order valence-corrected chi connectivity index (χ3v) is 2.65. The molecule has 1 fully saturated rings. The predicted octanol–water partition coefficient (Wildman–Crippen LogP) is 2.68. The summed E-state index contributed by atoms with van der Waals surface area (Å²) in [7, 11) is 0. The first kappa shape index (κ1) is 11.0. The number of halogens is 2. The Morgan fingerprint density at radius 2 is 2.15 bits per heavy atom. The van der Waals surface area contributed by atoms with Gasteiger partial charge in [0.05, 0.1) is 5.69 Å². The molecule has 2 N–H and O–H groups in total. The largest absolute Gasteiger partial charge is 0.322 e. The van der Waals surface area contributed by atoms with Crippen LogP contribution in [-0.4, -0.2) is 4.98 Å². The summed E-state index contributed by atoms with van der Waals surface area (Å²) in [5, 5.41) is 0. The zero-order chi connectivity index (χ0) is 8.55. The van der Waals surface area contributed by atoms with Crippen molar-refractivity contribution in [1.82, 2.24) is 4.98 Å². The molecule has 0 spiro atoms. The number of aromatic nitrogens is 1. The van der Waals surface area contributed by atoms with Gasteiger partial charge in [0.15, 0.2) is 0 Å².